The number of nitro benzene ring substituents is 1. The Morgan fingerprint density at radius 1 is 1.27 bits per heavy atom. The van der Waals surface area contributed by atoms with Gasteiger partial charge in [0.25, 0.3) is 11.6 Å². The molecule has 1 N–H and O–H groups in total. The molecule has 1 amide bonds. The van der Waals surface area contributed by atoms with Gasteiger partial charge in [-0.1, -0.05) is 6.07 Å². The van der Waals surface area contributed by atoms with Crippen molar-refractivity contribution < 1.29 is 14.1 Å². The van der Waals surface area contributed by atoms with E-state index in [0.717, 1.165) is 5.76 Å². The summed E-state index contributed by atoms with van der Waals surface area (Å²) in [5.41, 5.74) is 3.42. The van der Waals surface area contributed by atoms with Crippen molar-refractivity contribution in [2.24, 2.45) is 5.10 Å². The Morgan fingerprint density at radius 2 is 2.00 bits per heavy atom. The molecular weight excluding hydrogens is 286 g/mol. The number of rotatable bonds is 4. The molecule has 1 heterocycles. The minimum atomic E-state index is -0.522. The van der Waals surface area contributed by atoms with Crippen LogP contribution in [0.25, 0.3) is 0 Å². The van der Waals surface area contributed by atoms with Gasteiger partial charge < -0.3 is 4.42 Å². The van der Waals surface area contributed by atoms with Crippen LogP contribution in [0.4, 0.5) is 5.69 Å². The third-order valence-electron chi connectivity index (χ3n) is 3.09. The lowest BCUT2D eigenvalue weighted by molar-refractivity contribution is -0.385. The molecule has 0 radical (unpaired) electrons. The van der Waals surface area contributed by atoms with Crippen LogP contribution < -0.4 is 5.43 Å². The van der Waals surface area contributed by atoms with E-state index in [0.29, 0.717) is 17.0 Å². The van der Waals surface area contributed by atoms with Crippen molar-refractivity contribution in [3.63, 3.8) is 0 Å². The molecule has 0 saturated heterocycles. The number of nitrogens with one attached hydrogen (secondary N) is 1. The van der Waals surface area contributed by atoms with Gasteiger partial charge in [-0.3, -0.25) is 14.9 Å². The molecule has 0 fully saturated rings. The quantitative estimate of drug-likeness (QED) is 0.533. The molecule has 7 heteroatoms. The monoisotopic (exact) mass is 301 g/mol. The molecule has 7 nitrogen and oxygen atoms in total. The molecule has 0 saturated carbocycles. The van der Waals surface area contributed by atoms with Crippen LogP contribution in [0.2, 0.25) is 0 Å². The maximum Gasteiger partial charge on any atom is 0.273 e. The van der Waals surface area contributed by atoms with Gasteiger partial charge in [-0.15, -0.1) is 0 Å². The molecular formula is C15H15N3O4. The number of carbonyl (C=O) groups excluding carboxylic acids is 1. The van der Waals surface area contributed by atoms with Crippen LogP contribution in [-0.2, 0) is 0 Å². The molecule has 0 spiro atoms. The first-order chi connectivity index (χ1) is 10.4. The first kappa shape index (κ1) is 15.4. The highest BCUT2D eigenvalue weighted by Gasteiger charge is 2.15. The van der Waals surface area contributed by atoms with E-state index in [9.17, 15) is 14.9 Å². The molecule has 0 aliphatic carbocycles. The minimum Gasteiger partial charge on any atom is -0.460 e. The Morgan fingerprint density at radius 3 is 2.59 bits per heavy atom. The summed E-state index contributed by atoms with van der Waals surface area (Å²) in [5.74, 6) is 0.767. The average molecular weight is 301 g/mol. The summed E-state index contributed by atoms with van der Waals surface area (Å²) in [6.07, 6.45) is 0. The molecule has 114 valence electrons. The summed E-state index contributed by atoms with van der Waals surface area (Å²) in [6.45, 7) is 5.11. The van der Waals surface area contributed by atoms with E-state index < -0.39 is 10.8 Å². The average Bonchev–Trinajstić information content (AvgIpc) is 2.91. The zero-order valence-corrected chi connectivity index (χ0v) is 12.4. The summed E-state index contributed by atoms with van der Waals surface area (Å²) in [5, 5.41) is 14.8. The van der Waals surface area contributed by atoms with Crippen LogP contribution >= 0.6 is 0 Å². The number of aryl methyl sites for hydroxylation is 2. The van der Waals surface area contributed by atoms with Crippen molar-refractivity contribution in [1.29, 1.82) is 0 Å². The van der Waals surface area contributed by atoms with E-state index in [1.54, 1.807) is 32.9 Å². The van der Waals surface area contributed by atoms with Crippen molar-refractivity contribution in [1.82, 2.24) is 5.43 Å². The molecule has 1 aromatic heterocycles. The lowest BCUT2D eigenvalue weighted by Crippen LogP contribution is -2.19. The number of furan rings is 1. The topological polar surface area (TPSA) is 97.7 Å². The fourth-order valence-corrected chi connectivity index (χ4v) is 1.83. The number of amides is 1. The molecule has 22 heavy (non-hydrogen) atoms. The third-order valence-corrected chi connectivity index (χ3v) is 3.09. The van der Waals surface area contributed by atoms with Crippen molar-refractivity contribution in [3.8, 4) is 0 Å². The van der Waals surface area contributed by atoms with E-state index >= 15 is 0 Å². The Balaban J connectivity index is 2.16. The van der Waals surface area contributed by atoms with E-state index in [1.807, 2.05) is 0 Å². The van der Waals surface area contributed by atoms with Crippen LogP contribution in [0.3, 0.4) is 0 Å². The molecule has 0 unspecified atom stereocenters. The van der Waals surface area contributed by atoms with Gasteiger partial charge in [0.1, 0.15) is 17.2 Å². The Labute approximate surface area is 126 Å². The van der Waals surface area contributed by atoms with Gasteiger partial charge >= 0.3 is 0 Å². The number of carbonyl (C=O) groups is 1. The maximum atomic E-state index is 12.0. The van der Waals surface area contributed by atoms with Gasteiger partial charge in [0.15, 0.2) is 0 Å². The Kier molecular flexibility index (Phi) is 4.36. The summed E-state index contributed by atoms with van der Waals surface area (Å²) in [6, 6.07) is 7.81. The molecule has 2 rings (SSSR count). The smallest absolute Gasteiger partial charge is 0.273 e. The number of nitrogens with zero attached hydrogens (tertiary/aromatic N) is 2. The second kappa shape index (κ2) is 6.21. The van der Waals surface area contributed by atoms with Gasteiger partial charge in [0.2, 0.25) is 0 Å². The predicted octanol–water partition coefficient (Wildman–Crippen LogP) is 2.96. The van der Waals surface area contributed by atoms with E-state index in [1.165, 1.54) is 18.2 Å². The number of benzene rings is 1. The van der Waals surface area contributed by atoms with Crippen LogP contribution in [0, 0.1) is 24.0 Å². The van der Waals surface area contributed by atoms with E-state index in [4.69, 9.17) is 4.42 Å². The van der Waals surface area contributed by atoms with Crippen molar-refractivity contribution in [2.45, 2.75) is 20.8 Å². The van der Waals surface area contributed by atoms with Gasteiger partial charge in [-0.2, -0.15) is 5.10 Å². The summed E-state index contributed by atoms with van der Waals surface area (Å²) < 4.78 is 5.38. The van der Waals surface area contributed by atoms with Gasteiger partial charge in [0.05, 0.1) is 4.92 Å². The highest BCUT2D eigenvalue weighted by atomic mass is 16.6. The number of hydrazone groups is 1. The third kappa shape index (κ3) is 3.38. The Hall–Kier alpha value is -2.96. The molecule has 2 aromatic rings. The Bertz CT molecular complexity index is 762. The molecule has 1 aromatic carbocycles. The standard InChI is InChI=1S/C15H15N3O4/c1-9-4-6-12(8-13(9)18(20)21)15(19)17-16-11(3)14-7-5-10(2)22-14/h4-8H,1-3H3,(H,17,19). The molecule has 0 aliphatic rings. The van der Waals surface area contributed by atoms with Crippen LogP contribution in [0.15, 0.2) is 39.9 Å². The second-order valence-electron chi connectivity index (χ2n) is 4.81. The highest BCUT2D eigenvalue weighted by molar-refractivity contribution is 5.99. The maximum absolute atomic E-state index is 12.0. The van der Waals surface area contributed by atoms with E-state index in [2.05, 4.69) is 10.5 Å². The largest absolute Gasteiger partial charge is 0.460 e. The van der Waals surface area contributed by atoms with Crippen LogP contribution in [0.1, 0.15) is 34.4 Å². The van der Waals surface area contributed by atoms with E-state index in [-0.39, 0.29) is 11.3 Å². The fourth-order valence-electron chi connectivity index (χ4n) is 1.83. The fraction of sp³-hybridized carbons (Fsp3) is 0.200. The van der Waals surface area contributed by atoms with Gasteiger partial charge in [-0.25, -0.2) is 5.43 Å². The van der Waals surface area contributed by atoms with Crippen molar-refractivity contribution in [2.75, 3.05) is 0 Å². The lowest BCUT2D eigenvalue weighted by Gasteiger charge is -2.03. The normalized spacial score (nSPS) is 11.3. The van der Waals surface area contributed by atoms with Crippen LogP contribution in [0.5, 0.6) is 0 Å². The molecule has 0 bridgehead atoms. The minimum absolute atomic E-state index is 0.102. The number of hydrogen-bond acceptors (Lipinski definition) is 5. The predicted molar refractivity (Wildman–Crippen MR) is 81.0 cm³/mol. The summed E-state index contributed by atoms with van der Waals surface area (Å²) in [4.78, 5) is 22.4. The van der Waals surface area contributed by atoms with Crippen molar-refractivity contribution in [3.05, 3.63) is 63.1 Å². The number of hydrogen-bond donors (Lipinski definition) is 1. The molecule has 0 atom stereocenters. The first-order valence-corrected chi connectivity index (χ1v) is 6.55. The zero-order valence-electron chi connectivity index (χ0n) is 12.4. The van der Waals surface area contributed by atoms with Gasteiger partial charge in [0, 0.05) is 17.2 Å². The van der Waals surface area contributed by atoms with Crippen molar-refractivity contribution >= 4 is 17.3 Å². The molecule has 0 aliphatic heterocycles. The first-order valence-electron chi connectivity index (χ1n) is 6.55. The highest BCUT2D eigenvalue weighted by Crippen LogP contribution is 2.19. The second-order valence-corrected chi connectivity index (χ2v) is 4.81. The summed E-state index contributed by atoms with van der Waals surface area (Å²) in [7, 11) is 0. The SMILES string of the molecule is CC(=NNC(=O)c1ccc(C)c([N+](=O)[O-])c1)c1ccc(C)o1. The lowest BCUT2D eigenvalue weighted by atomic mass is 10.1. The van der Waals surface area contributed by atoms with Gasteiger partial charge in [-0.05, 0) is 39.0 Å². The summed E-state index contributed by atoms with van der Waals surface area (Å²) >= 11 is 0. The number of nitro groups is 1. The van der Waals surface area contributed by atoms with Crippen LogP contribution in [-0.4, -0.2) is 16.5 Å². The zero-order chi connectivity index (χ0) is 16.3.